The summed E-state index contributed by atoms with van der Waals surface area (Å²) in [4.78, 5) is 23.7. The molecule has 43 heavy (non-hydrogen) atoms. The lowest BCUT2D eigenvalue weighted by molar-refractivity contribution is -0.108. The van der Waals surface area contributed by atoms with E-state index < -0.39 is 11.0 Å². The van der Waals surface area contributed by atoms with E-state index in [4.69, 9.17) is 44.3 Å². The molecule has 0 radical (unpaired) electrons. The highest BCUT2D eigenvalue weighted by Gasteiger charge is 2.25. The zero-order valence-electron chi connectivity index (χ0n) is 23.4. The van der Waals surface area contributed by atoms with E-state index >= 15 is 0 Å². The first-order valence-corrected chi connectivity index (χ1v) is 14.5. The van der Waals surface area contributed by atoms with Gasteiger partial charge in [0.15, 0.2) is 0 Å². The number of nitrogens with zero attached hydrogens (tertiary/aromatic N) is 2. The number of ketones is 1. The van der Waals surface area contributed by atoms with Crippen LogP contribution in [0.25, 0.3) is 21.8 Å². The van der Waals surface area contributed by atoms with Gasteiger partial charge in [0.2, 0.25) is 5.78 Å². The number of aryl methyl sites for hydroxylation is 2. The molecule has 0 saturated carbocycles. The van der Waals surface area contributed by atoms with Crippen molar-refractivity contribution in [1.82, 2.24) is 9.13 Å². The van der Waals surface area contributed by atoms with E-state index in [9.17, 15) is 9.59 Å². The van der Waals surface area contributed by atoms with Crippen molar-refractivity contribution in [3.63, 3.8) is 0 Å². The number of benzene rings is 4. The van der Waals surface area contributed by atoms with Gasteiger partial charge in [0, 0.05) is 40.6 Å². The second kappa shape index (κ2) is 13.4. The van der Waals surface area contributed by atoms with E-state index in [1.807, 2.05) is 66.2 Å². The van der Waals surface area contributed by atoms with Crippen LogP contribution < -0.4 is 9.47 Å². The van der Waals surface area contributed by atoms with Gasteiger partial charge in [-0.05, 0) is 83.7 Å². The molecule has 9 heteroatoms. The molecular weight excluding hydrogens is 607 g/mol. The summed E-state index contributed by atoms with van der Waals surface area (Å²) in [6, 6.07) is 32.1. The number of para-hydroxylation sites is 2. The first kappa shape index (κ1) is 30.2. The van der Waals surface area contributed by atoms with Crippen molar-refractivity contribution in [2.75, 3.05) is 0 Å². The zero-order valence-corrected chi connectivity index (χ0v) is 25.7. The summed E-state index contributed by atoms with van der Waals surface area (Å²) in [6.45, 7) is 0.671. The third-order valence-corrected chi connectivity index (χ3v) is 7.75. The third-order valence-electron chi connectivity index (χ3n) is 7.07. The highest BCUT2D eigenvalue weighted by Crippen LogP contribution is 2.28. The van der Waals surface area contributed by atoms with Gasteiger partial charge < -0.3 is 18.6 Å². The monoisotopic (exact) mass is 632 g/mol. The Morgan fingerprint density at radius 3 is 1.79 bits per heavy atom. The Labute approximate surface area is 263 Å². The van der Waals surface area contributed by atoms with Gasteiger partial charge in [0.25, 0.3) is 5.24 Å². The molecule has 0 spiro atoms. The number of hydrogen-bond donors (Lipinski definition) is 0. The molecule has 4 aromatic carbocycles. The normalized spacial score (nSPS) is 10.8. The van der Waals surface area contributed by atoms with Gasteiger partial charge in [0.1, 0.15) is 24.7 Å². The Bertz CT molecular complexity index is 1910. The van der Waals surface area contributed by atoms with Crippen molar-refractivity contribution < 1.29 is 19.1 Å². The van der Waals surface area contributed by atoms with E-state index in [2.05, 4.69) is 29.8 Å². The first-order chi connectivity index (χ1) is 20.7. The summed E-state index contributed by atoms with van der Waals surface area (Å²) in [5.41, 5.74) is 4.06. The predicted octanol–water partition coefficient (Wildman–Crippen LogP) is 8.77. The minimum Gasteiger partial charge on any atom is -0.487 e. The maximum atomic E-state index is 12.3. The van der Waals surface area contributed by atoms with Crippen molar-refractivity contribution in [3.05, 3.63) is 130 Å². The maximum Gasteiger partial charge on any atom is 0.293 e. The zero-order chi connectivity index (χ0) is 30.5. The molecule has 2 aromatic heterocycles. The minimum atomic E-state index is -1.01. The molecule has 0 unspecified atom stereocenters. The van der Waals surface area contributed by atoms with Crippen LogP contribution in [0.15, 0.2) is 103 Å². The number of halogens is 3. The lowest BCUT2D eigenvalue weighted by atomic mass is 10.1. The summed E-state index contributed by atoms with van der Waals surface area (Å²) >= 11 is 17.1. The van der Waals surface area contributed by atoms with E-state index in [-0.39, 0.29) is 12.2 Å². The highest BCUT2D eigenvalue weighted by atomic mass is 35.5. The Morgan fingerprint density at radius 1 is 0.674 bits per heavy atom. The van der Waals surface area contributed by atoms with Gasteiger partial charge >= 0.3 is 0 Å². The molecule has 0 fully saturated rings. The molecule has 6 rings (SSSR count). The van der Waals surface area contributed by atoms with E-state index in [0.717, 1.165) is 22.0 Å². The van der Waals surface area contributed by atoms with Crippen molar-refractivity contribution >= 4 is 67.6 Å². The number of carbonyl (C=O) groups excluding carboxylic acids is 2. The lowest BCUT2D eigenvalue weighted by Crippen LogP contribution is -2.13. The molecule has 2 heterocycles. The molecule has 6 nitrogen and oxygen atoms in total. The predicted molar refractivity (Wildman–Crippen MR) is 173 cm³/mol. The van der Waals surface area contributed by atoms with E-state index in [1.54, 1.807) is 30.3 Å². The molecule has 0 aliphatic rings. The largest absolute Gasteiger partial charge is 0.487 e. The van der Waals surface area contributed by atoms with Crippen molar-refractivity contribution in [2.24, 2.45) is 14.1 Å². The van der Waals surface area contributed by atoms with Crippen LogP contribution in [-0.4, -0.2) is 20.2 Å². The Hall–Kier alpha value is -4.23. The number of Topliss-reactive ketones (excluding diaryl/α,β-unsaturated/α-hetero) is 1. The van der Waals surface area contributed by atoms with Crippen LogP contribution in [0.2, 0.25) is 10.0 Å². The molecule has 0 saturated heterocycles. The summed E-state index contributed by atoms with van der Waals surface area (Å²) < 4.78 is 15.5. The first-order valence-electron chi connectivity index (χ1n) is 13.3. The van der Waals surface area contributed by atoms with Crippen LogP contribution in [-0.2, 0) is 32.1 Å². The van der Waals surface area contributed by atoms with Crippen LogP contribution in [0.5, 0.6) is 11.5 Å². The molecule has 0 bridgehead atoms. The van der Waals surface area contributed by atoms with Crippen molar-refractivity contribution in [3.8, 4) is 11.5 Å². The van der Waals surface area contributed by atoms with E-state index in [1.165, 1.54) is 10.9 Å². The Kier molecular flexibility index (Phi) is 9.41. The molecule has 0 aliphatic heterocycles. The number of hydrogen-bond acceptors (Lipinski definition) is 4. The minimum absolute atomic E-state index is 0.123. The number of ether oxygens (including phenoxy) is 2. The maximum absolute atomic E-state index is 12.3. The summed E-state index contributed by atoms with van der Waals surface area (Å²) in [7, 11) is 3.88. The molecule has 0 N–H and O–H groups in total. The third kappa shape index (κ3) is 6.89. The van der Waals surface area contributed by atoms with Crippen LogP contribution in [0.4, 0.5) is 0 Å². The highest BCUT2D eigenvalue weighted by molar-refractivity contribution is 6.83. The van der Waals surface area contributed by atoms with Gasteiger partial charge in [-0.25, -0.2) is 0 Å². The summed E-state index contributed by atoms with van der Waals surface area (Å²) in [5, 5.41) is 2.22. The Balaban J connectivity index is 0.000000176. The number of fused-ring (bicyclic) bond motifs is 2. The van der Waals surface area contributed by atoms with Crippen LogP contribution in [0.3, 0.4) is 0 Å². The average Bonchev–Trinajstić information content (AvgIpc) is 3.49. The second-order valence-electron chi connectivity index (χ2n) is 9.74. The van der Waals surface area contributed by atoms with Gasteiger partial charge in [-0.3, -0.25) is 9.59 Å². The van der Waals surface area contributed by atoms with Gasteiger partial charge in [0.05, 0.1) is 17.0 Å². The fraction of sp³-hybridized carbons (Fsp3) is 0.118. The molecule has 6 aromatic rings. The molecule has 0 atom stereocenters. The summed E-state index contributed by atoms with van der Waals surface area (Å²) in [5.74, 6) is 0.707. The van der Waals surface area contributed by atoms with E-state index in [0.29, 0.717) is 28.5 Å². The average molecular weight is 634 g/mol. The van der Waals surface area contributed by atoms with Crippen molar-refractivity contribution in [2.45, 2.75) is 13.2 Å². The topological polar surface area (TPSA) is 62.5 Å². The number of rotatable bonds is 8. The SMILES string of the molecule is Cn1c(COc2ccc(Cl)cc2)c(C(=O)C(=O)Cl)c2ccccc21.Cn1c(COc2ccc(Cl)cc2)cc2ccccc21. The second-order valence-corrected chi connectivity index (χ2v) is 11.0. The number of aromatic nitrogens is 2. The van der Waals surface area contributed by atoms with Gasteiger partial charge in [-0.1, -0.05) is 59.6 Å². The number of carbonyl (C=O) groups is 2. The summed E-state index contributed by atoms with van der Waals surface area (Å²) in [6.07, 6.45) is 0. The van der Waals surface area contributed by atoms with Gasteiger partial charge in [-0.15, -0.1) is 0 Å². The van der Waals surface area contributed by atoms with Crippen LogP contribution in [0.1, 0.15) is 21.7 Å². The Morgan fingerprint density at radius 2 is 1.21 bits per heavy atom. The fourth-order valence-electron chi connectivity index (χ4n) is 4.82. The molecule has 0 aliphatic carbocycles. The standard InChI is InChI=1S/C18H13Cl2NO3.C16H14ClNO/c1-21-14-5-3-2-4-13(14)16(17(22)18(20)23)15(21)10-24-12-8-6-11(19)7-9-12;1-18-14(10-12-4-2-3-5-16(12)18)11-19-15-8-6-13(17)7-9-15/h2-9H,10H2,1H3;2-10H,11H2,1H3. The lowest BCUT2D eigenvalue weighted by Gasteiger charge is -2.09. The molecule has 218 valence electrons. The molecular formula is C34H27Cl3N2O4. The van der Waals surface area contributed by atoms with Crippen LogP contribution in [0, 0.1) is 0 Å². The fourth-order valence-corrected chi connectivity index (χ4v) is 5.17. The smallest absolute Gasteiger partial charge is 0.293 e. The van der Waals surface area contributed by atoms with Crippen LogP contribution >= 0.6 is 34.8 Å². The molecule has 0 amide bonds. The van der Waals surface area contributed by atoms with Gasteiger partial charge in [-0.2, -0.15) is 0 Å². The van der Waals surface area contributed by atoms with Crippen molar-refractivity contribution in [1.29, 1.82) is 0 Å². The quantitative estimate of drug-likeness (QED) is 0.0955.